The first kappa shape index (κ1) is 23.1. The van der Waals surface area contributed by atoms with Gasteiger partial charge in [-0.1, -0.05) is 83.6 Å². The number of carbonyl (C=O) groups is 1. The molecule has 0 aromatic heterocycles. The summed E-state index contributed by atoms with van der Waals surface area (Å²) >= 11 is 0. The lowest BCUT2D eigenvalue weighted by molar-refractivity contribution is -0.153. The highest BCUT2D eigenvalue weighted by molar-refractivity contribution is 5.74. The fourth-order valence-electron chi connectivity index (χ4n) is 2.67. The third kappa shape index (κ3) is 16.0. The highest BCUT2D eigenvalue weighted by Crippen LogP contribution is 2.12. The van der Waals surface area contributed by atoms with Crippen LogP contribution in [0.5, 0.6) is 0 Å². The summed E-state index contributed by atoms with van der Waals surface area (Å²) in [5.74, 6) is -0.974. The largest absolute Gasteiger partial charge is 0.479 e. The van der Waals surface area contributed by atoms with E-state index in [1.54, 1.807) is 6.08 Å². The number of methoxy groups -OCH3 is 1. The third-order valence-electron chi connectivity index (χ3n) is 4.14. The Kier molecular flexibility index (Phi) is 17.8. The van der Waals surface area contributed by atoms with Gasteiger partial charge in [-0.15, -0.1) is 0 Å². The quantitative estimate of drug-likeness (QED) is 0.197. The van der Waals surface area contributed by atoms with Crippen LogP contribution in [0.4, 0.5) is 0 Å². The smallest absolute Gasteiger partial charge is 0.336 e. The molecule has 0 bridgehead atoms. The predicted octanol–water partition coefficient (Wildman–Crippen LogP) is 5.71. The molecule has 142 valence electrons. The molecule has 0 aromatic rings. The number of unbranched alkanes of at least 4 members (excludes halogenated alkanes) is 12. The van der Waals surface area contributed by atoms with Crippen LogP contribution >= 0.6 is 0 Å². The summed E-state index contributed by atoms with van der Waals surface area (Å²) in [6.45, 7) is 2.26. The van der Waals surface area contributed by atoms with E-state index in [4.69, 9.17) is 14.6 Å². The van der Waals surface area contributed by atoms with Crippen LogP contribution in [-0.2, 0) is 14.3 Å². The van der Waals surface area contributed by atoms with E-state index in [1.165, 1.54) is 77.7 Å². The minimum atomic E-state index is -0.974. The maximum absolute atomic E-state index is 10.9. The molecule has 4 heteroatoms. The number of allylic oxidation sites excluding steroid dienone is 1. The summed E-state index contributed by atoms with van der Waals surface area (Å²) in [4.78, 5) is 10.9. The van der Waals surface area contributed by atoms with Crippen LogP contribution in [0.25, 0.3) is 0 Å². The highest BCUT2D eigenvalue weighted by Gasteiger charge is 2.13. The Morgan fingerprint density at radius 3 is 1.88 bits per heavy atom. The van der Waals surface area contributed by atoms with Crippen molar-refractivity contribution in [1.29, 1.82) is 0 Å². The van der Waals surface area contributed by atoms with E-state index in [9.17, 15) is 4.79 Å². The van der Waals surface area contributed by atoms with Crippen LogP contribution in [0, 0.1) is 0 Å². The van der Waals surface area contributed by atoms with Crippen molar-refractivity contribution in [3.05, 3.63) is 12.2 Å². The minimum absolute atomic E-state index is 0.0000887. The average Bonchev–Trinajstić information content (AvgIpc) is 2.57. The SMILES string of the molecule is CCCCCCCCCCCCCC/C=C/[C@H](OCOC)C(=O)O. The van der Waals surface area contributed by atoms with Crippen molar-refractivity contribution < 1.29 is 19.4 Å². The molecule has 0 rings (SSSR count). The van der Waals surface area contributed by atoms with E-state index >= 15 is 0 Å². The van der Waals surface area contributed by atoms with E-state index < -0.39 is 12.1 Å². The summed E-state index contributed by atoms with van der Waals surface area (Å²) in [5.41, 5.74) is 0. The van der Waals surface area contributed by atoms with Gasteiger partial charge in [0.25, 0.3) is 0 Å². The highest BCUT2D eigenvalue weighted by atomic mass is 16.7. The van der Waals surface area contributed by atoms with Crippen molar-refractivity contribution in [2.45, 2.75) is 96.5 Å². The van der Waals surface area contributed by atoms with Crippen LogP contribution in [0.1, 0.15) is 90.4 Å². The molecular weight excluding hydrogens is 304 g/mol. The minimum Gasteiger partial charge on any atom is -0.479 e. The summed E-state index contributed by atoms with van der Waals surface area (Å²) in [5, 5.41) is 8.97. The van der Waals surface area contributed by atoms with Crippen LogP contribution in [0.3, 0.4) is 0 Å². The van der Waals surface area contributed by atoms with E-state index in [2.05, 4.69) is 6.92 Å². The number of ether oxygens (including phenoxy) is 2. The molecular formula is C20H38O4. The molecule has 0 amide bonds. The van der Waals surface area contributed by atoms with Gasteiger partial charge < -0.3 is 14.6 Å². The Morgan fingerprint density at radius 2 is 1.42 bits per heavy atom. The molecule has 0 saturated carbocycles. The second-order valence-corrected chi connectivity index (χ2v) is 6.44. The Bertz CT molecular complexity index is 302. The monoisotopic (exact) mass is 342 g/mol. The van der Waals surface area contributed by atoms with E-state index in [-0.39, 0.29) is 6.79 Å². The number of carboxylic acids is 1. The molecule has 0 aromatic carbocycles. The Hall–Kier alpha value is -0.870. The molecule has 0 radical (unpaired) electrons. The zero-order valence-electron chi connectivity index (χ0n) is 15.8. The van der Waals surface area contributed by atoms with Crippen LogP contribution in [0.15, 0.2) is 12.2 Å². The summed E-state index contributed by atoms with van der Waals surface area (Å²) in [6, 6.07) is 0. The summed E-state index contributed by atoms with van der Waals surface area (Å²) < 4.78 is 9.78. The molecule has 0 unspecified atom stereocenters. The van der Waals surface area contributed by atoms with Gasteiger partial charge in [0, 0.05) is 7.11 Å². The van der Waals surface area contributed by atoms with Gasteiger partial charge in [-0.2, -0.15) is 0 Å². The first-order valence-electron chi connectivity index (χ1n) is 9.72. The van der Waals surface area contributed by atoms with Gasteiger partial charge in [0.1, 0.15) is 6.79 Å². The van der Waals surface area contributed by atoms with Crippen molar-refractivity contribution in [3.8, 4) is 0 Å². The lowest BCUT2D eigenvalue weighted by atomic mass is 10.0. The number of carboxylic acid groups (broad SMARTS) is 1. The average molecular weight is 343 g/mol. The number of hydrogen-bond acceptors (Lipinski definition) is 3. The standard InChI is InChI=1S/C20H38O4/c1-3-4-5-6-7-8-9-10-11-12-13-14-15-16-17-19(20(21)22)24-18-23-2/h16-17,19H,3-15,18H2,1-2H3,(H,21,22)/b17-16+/t19-/m0/s1. The van der Waals surface area contributed by atoms with Crippen molar-refractivity contribution in [2.75, 3.05) is 13.9 Å². The second-order valence-electron chi connectivity index (χ2n) is 6.44. The van der Waals surface area contributed by atoms with Crippen molar-refractivity contribution in [3.63, 3.8) is 0 Å². The zero-order valence-corrected chi connectivity index (χ0v) is 15.8. The molecule has 0 aliphatic carbocycles. The van der Waals surface area contributed by atoms with E-state index in [0.717, 1.165) is 12.8 Å². The Labute approximate surface area is 148 Å². The van der Waals surface area contributed by atoms with Gasteiger partial charge in [-0.25, -0.2) is 4.79 Å². The number of aliphatic carboxylic acids is 1. The number of rotatable bonds is 18. The fourth-order valence-corrected chi connectivity index (χ4v) is 2.67. The van der Waals surface area contributed by atoms with Gasteiger partial charge in [0.15, 0.2) is 6.10 Å². The molecule has 1 N–H and O–H groups in total. The van der Waals surface area contributed by atoms with Crippen molar-refractivity contribution in [1.82, 2.24) is 0 Å². The lowest BCUT2D eigenvalue weighted by Gasteiger charge is -2.08. The van der Waals surface area contributed by atoms with Crippen molar-refractivity contribution in [2.24, 2.45) is 0 Å². The van der Waals surface area contributed by atoms with Gasteiger partial charge in [-0.05, 0) is 18.9 Å². The maximum atomic E-state index is 10.9. The third-order valence-corrected chi connectivity index (χ3v) is 4.14. The van der Waals surface area contributed by atoms with Gasteiger partial charge in [0.05, 0.1) is 0 Å². The van der Waals surface area contributed by atoms with Gasteiger partial charge >= 0.3 is 5.97 Å². The zero-order chi connectivity index (χ0) is 17.9. The maximum Gasteiger partial charge on any atom is 0.336 e. The fraction of sp³-hybridized carbons (Fsp3) is 0.850. The van der Waals surface area contributed by atoms with E-state index in [1.807, 2.05) is 6.08 Å². The lowest BCUT2D eigenvalue weighted by Crippen LogP contribution is -2.22. The first-order valence-corrected chi connectivity index (χ1v) is 9.72. The van der Waals surface area contributed by atoms with Crippen molar-refractivity contribution >= 4 is 5.97 Å². The normalized spacial score (nSPS) is 12.8. The van der Waals surface area contributed by atoms with Crippen LogP contribution in [-0.4, -0.2) is 31.1 Å². The molecule has 0 aliphatic heterocycles. The molecule has 0 saturated heterocycles. The summed E-state index contributed by atoms with van der Waals surface area (Å²) in [7, 11) is 1.48. The molecule has 0 aliphatic rings. The Morgan fingerprint density at radius 1 is 0.917 bits per heavy atom. The first-order chi connectivity index (χ1) is 11.7. The Balaban J connectivity index is 3.37. The summed E-state index contributed by atoms with van der Waals surface area (Å²) in [6.07, 6.45) is 19.5. The van der Waals surface area contributed by atoms with Crippen LogP contribution in [0.2, 0.25) is 0 Å². The number of hydrogen-bond donors (Lipinski definition) is 1. The molecule has 0 heterocycles. The van der Waals surface area contributed by atoms with Crippen LogP contribution < -0.4 is 0 Å². The molecule has 0 spiro atoms. The molecule has 4 nitrogen and oxygen atoms in total. The molecule has 1 atom stereocenters. The molecule has 0 fully saturated rings. The second kappa shape index (κ2) is 18.5. The molecule has 24 heavy (non-hydrogen) atoms. The van der Waals surface area contributed by atoms with Gasteiger partial charge in [-0.3, -0.25) is 0 Å². The van der Waals surface area contributed by atoms with Gasteiger partial charge in [0.2, 0.25) is 0 Å². The predicted molar refractivity (Wildman–Crippen MR) is 99.2 cm³/mol. The topological polar surface area (TPSA) is 55.8 Å². The van der Waals surface area contributed by atoms with E-state index in [0.29, 0.717) is 0 Å².